The first-order valence-corrected chi connectivity index (χ1v) is 8.50. The lowest BCUT2D eigenvalue weighted by molar-refractivity contribution is -0.114. The van der Waals surface area contributed by atoms with Gasteiger partial charge in [-0.1, -0.05) is 13.0 Å². The smallest absolute Gasteiger partial charge is 0.337 e. The van der Waals surface area contributed by atoms with Gasteiger partial charge in [0.2, 0.25) is 5.91 Å². The molecule has 0 aliphatic heterocycles. The largest absolute Gasteiger partial charge is 0.491 e. The van der Waals surface area contributed by atoms with E-state index >= 15 is 0 Å². The molecule has 1 unspecified atom stereocenters. The molecule has 0 spiro atoms. The Hall–Kier alpha value is -3.02. The molecule has 1 amide bonds. The zero-order valence-electron chi connectivity index (χ0n) is 15.2. The van der Waals surface area contributed by atoms with Crippen molar-refractivity contribution in [2.45, 2.75) is 26.4 Å². The minimum atomic E-state index is -0.413. The number of carbonyl (C=O) groups is 2. The summed E-state index contributed by atoms with van der Waals surface area (Å²) in [5.74, 6) is 0.163. The van der Waals surface area contributed by atoms with E-state index in [2.05, 4.69) is 22.3 Å². The number of benzene rings is 2. The molecular formula is C20H24N2O4. The molecule has 26 heavy (non-hydrogen) atoms. The number of esters is 1. The van der Waals surface area contributed by atoms with Crippen molar-refractivity contribution in [2.75, 3.05) is 24.3 Å². The van der Waals surface area contributed by atoms with Gasteiger partial charge in [0.1, 0.15) is 5.75 Å². The Morgan fingerprint density at radius 1 is 1.08 bits per heavy atom. The van der Waals surface area contributed by atoms with Crippen LogP contribution in [0.2, 0.25) is 0 Å². The lowest BCUT2D eigenvalue weighted by Crippen LogP contribution is -2.21. The summed E-state index contributed by atoms with van der Waals surface area (Å²) in [5.41, 5.74) is 1.85. The molecule has 0 aromatic heterocycles. The van der Waals surface area contributed by atoms with Crippen molar-refractivity contribution >= 4 is 23.3 Å². The Bertz CT molecular complexity index is 744. The number of nitrogens with one attached hydrogen (secondary N) is 2. The summed E-state index contributed by atoms with van der Waals surface area (Å²) in [5, 5.41) is 5.84. The quantitative estimate of drug-likeness (QED) is 0.705. The third-order valence-electron chi connectivity index (χ3n) is 3.79. The molecule has 1 atom stereocenters. The number of ether oxygens (including phenoxy) is 2. The molecule has 0 saturated heterocycles. The third kappa shape index (κ3) is 5.81. The first kappa shape index (κ1) is 19.3. The van der Waals surface area contributed by atoms with Crippen LogP contribution in [0.4, 0.5) is 11.4 Å². The summed E-state index contributed by atoms with van der Waals surface area (Å²) in [6.45, 7) is 4.19. The average molecular weight is 356 g/mol. The van der Waals surface area contributed by atoms with E-state index in [-0.39, 0.29) is 18.6 Å². The second-order valence-corrected chi connectivity index (χ2v) is 5.84. The number of hydrogen-bond donors (Lipinski definition) is 2. The Morgan fingerprint density at radius 2 is 1.81 bits per heavy atom. The number of carbonyl (C=O) groups excluding carboxylic acids is 2. The van der Waals surface area contributed by atoms with E-state index in [9.17, 15) is 9.59 Å². The van der Waals surface area contributed by atoms with Crippen molar-refractivity contribution < 1.29 is 19.1 Å². The lowest BCUT2D eigenvalue weighted by Gasteiger charge is -2.14. The zero-order chi connectivity index (χ0) is 18.9. The van der Waals surface area contributed by atoms with Crippen molar-refractivity contribution in [3.05, 3.63) is 54.1 Å². The SMILES string of the molecule is CCC(C)Oc1cccc(NCC(=O)Nc2ccc(C(=O)OC)cc2)c1. The van der Waals surface area contributed by atoms with Gasteiger partial charge in [-0.15, -0.1) is 0 Å². The number of rotatable bonds is 8. The van der Waals surface area contributed by atoms with Gasteiger partial charge in [0.05, 0.1) is 25.3 Å². The fourth-order valence-corrected chi connectivity index (χ4v) is 2.19. The Labute approximate surface area is 153 Å². The summed E-state index contributed by atoms with van der Waals surface area (Å²) in [7, 11) is 1.33. The molecule has 0 aliphatic rings. The topological polar surface area (TPSA) is 76.7 Å². The van der Waals surface area contributed by atoms with Gasteiger partial charge in [-0.25, -0.2) is 4.79 Å². The maximum Gasteiger partial charge on any atom is 0.337 e. The van der Waals surface area contributed by atoms with Gasteiger partial charge in [0.15, 0.2) is 0 Å². The van der Waals surface area contributed by atoms with E-state index < -0.39 is 5.97 Å². The summed E-state index contributed by atoms with van der Waals surface area (Å²) < 4.78 is 10.4. The highest BCUT2D eigenvalue weighted by Gasteiger charge is 2.07. The van der Waals surface area contributed by atoms with Gasteiger partial charge in [-0.3, -0.25) is 4.79 Å². The van der Waals surface area contributed by atoms with Gasteiger partial charge >= 0.3 is 5.97 Å². The fourth-order valence-electron chi connectivity index (χ4n) is 2.19. The van der Waals surface area contributed by atoms with Crippen LogP contribution in [0.1, 0.15) is 30.6 Å². The number of methoxy groups -OCH3 is 1. The van der Waals surface area contributed by atoms with Crippen LogP contribution in [0.3, 0.4) is 0 Å². The normalized spacial score (nSPS) is 11.3. The van der Waals surface area contributed by atoms with Crippen molar-refractivity contribution in [3.63, 3.8) is 0 Å². The molecule has 0 fully saturated rings. The fraction of sp³-hybridized carbons (Fsp3) is 0.300. The van der Waals surface area contributed by atoms with E-state index in [0.29, 0.717) is 11.3 Å². The summed E-state index contributed by atoms with van der Waals surface area (Å²) >= 11 is 0. The van der Waals surface area contributed by atoms with E-state index in [1.807, 2.05) is 31.2 Å². The summed E-state index contributed by atoms with van der Waals surface area (Å²) in [4.78, 5) is 23.5. The van der Waals surface area contributed by atoms with Crippen LogP contribution in [0, 0.1) is 0 Å². The molecule has 0 saturated carbocycles. The monoisotopic (exact) mass is 356 g/mol. The third-order valence-corrected chi connectivity index (χ3v) is 3.79. The van der Waals surface area contributed by atoms with Crippen LogP contribution in [0.25, 0.3) is 0 Å². The number of anilines is 2. The van der Waals surface area contributed by atoms with Crippen LogP contribution >= 0.6 is 0 Å². The molecule has 2 N–H and O–H groups in total. The van der Waals surface area contributed by atoms with E-state index in [1.165, 1.54) is 7.11 Å². The molecule has 0 heterocycles. The number of amides is 1. The average Bonchev–Trinajstić information content (AvgIpc) is 2.66. The maximum atomic E-state index is 12.1. The molecular weight excluding hydrogens is 332 g/mol. The molecule has 2 aromatic rings. The van der Waals surface area contributed by atoms with Crippen LogP contribution in [0.5, 0.6) is 5.75 Å². The van der Waals surface area contributed by atoms with Gasteiger partial charge in [0.25, 0.3) is 0 Å². The highest BCUT2D eigenvalue weighted by molar-refractivity contribution is 5.95. The first-order valence-electron chi connectivity index (χ1n) is 8.50. The Kier molecular flexibility index (Phi) is 7.02. The molecule has 0 bridgehead atoms. The predicted molar refractivity (Wildman–Crippen MR) is 102 cm³/mol. The zero-order valence-corrected chi connectivity index (χ0v) is 15.2. The van der Waals surface area contributed by atoms with Gasteiger partial charge in [-0.2, -0.15) is 0 Å². The predicted octanol–water partition coefficient (Wildman–Crippen LogP) is 3.70. The van der Waals surface area contributed by atoms with Crippen LogP contribution < -0.4 is 15.4 Å². The minimum absolute atomic E-state index is 0.117. The lowest BCUT2D eigenvalue weighted by atomic mass is 10.2. The van der Waals surface area contributed by atoms with Crippen LogP contribution in [0.15, 0.2) is 48.5 Å². The minimum Gasteiger partial charge on any atom is -0.491 e. The van der Waals surface area contributed by atoms with Crippen LogP contribution in [-0.4, -0.2) is 31.6 Å². The Balaban J connectivity index is 1.87. The molecule has 6 heteroatoms. The van der Waals surface area contributed by atoms with Crippen molar-refractivity contribution in [2.24, 2.45) is 0 Å². The maximum absolute atomic E-state index is 12.1. The molecule has 2 aromatic carbocycles. The Morgan fingerprint density at radius 3 is 2.46 bits per heavy atom. The standard InChI is InChI=1S/C20H24N2O4/c1-4-14(2)26-18-7-5-6-17(12-18)21-13-19(23)22-16-10-8-15(9-11-16)20(24)25-3/h5-12,14,21H,4,13H2,1-3H3,(H,22,23). The van der Waals surface area contributed by atoms with Crippen LogP contribution in [-0.2, 0) is 9.53 Å². The van der Waals surface area contributed by atoms with Crippen molar-refractivity contribution in [1.82, 2.24) is 0 Å². The molecule has 0 aliphatic carbocycles. The van der Waals surface area contributed by atoms with Gasteiger partial charge < -0.3 is 20.1 Å². The number of hydrogen-bond acceptors (Lipinski definition) is 5. The van der Waals surface area contributed by atoms with E-state index in [0.717, 1.165) is 17.9 Å². The molecule has 6 nitrogen and oxygen atoms in total. The summed E-state index contributed by atoms with van der Waals surface area (Å²) in [6, 6.07) is 14.0. The van der Waals surface area contributed by atoms with Crippen molar-refractivity contribution in [1.29, 1.82) is 0 Å². The van der Waals surface area contributed by atoms with Gasteiger partial charge in [-0.05, 0) is 49.7 Å². The molecule has 138 valence electrons. The van der Waals surface area contributed by atoms with Gasteiger partial charge in [0, 0.05) is 17.4 Å². The highest BCUT2D eigenvalue weighted by atomic mass is 16.5. The van der Waals surface area contributed by atoms with E-state index in [4.69, 9.17) is 4.74 Å². The molecule has 0 radical (unpaired) electrons. The second-order valence-electron chi connectivity index (χ2n) is 5.84. The second kappa shape index (κ2) is 9.46. The van der Waals surface area contributed by atoms with Crippen molar-refractivity contribution in [3.8, 4) is 5.75 Å². The van der Waals surface area contributed by atoms with E-state index in [1.54, 1.807) is 24.3 Å². The summed E-state index contributed by atoms with van der Waals surface area (Å²) in [6.07, 6.45) is 1.07. The highest BCUT2D eigenvalue weighted by Crippen LogP contribution is 2.19. The molecule has 2 rings (SSSR count). The first-order chi connectivity index (χ1) is 12.5.